The second-order valence-electron chi connectivity index (χ2n) is 3.77. The van der Waals surface area contributed by atoms with Crippen molar-refractivity contribution in [3.8, 4) is 11.5 Å². The van der Waals surface area contributed by atoms with Crippen LogP contribution >= 0.6 is 15.9 Å². The van der Waals surface area contributed by atoms with Gasteiger partial charge in [-0.1, -0.05) is 6.08 Å². The van der Waals surface area contributed by atoms with Crippen LogP contribution in [-0.4, -0.2) is 4.98 Å². The third kappa shape index (κ3) is 2.90. The van der Waals surface area contributed by atoms with Crippen molar-refractivity contribution in [1.82, 2.24) is 4.98 Å². The van der Waals surface area contributed by atoms with Crippen LogP contribution in [0.1, 0.15) is 5.56 Å². The molecule has 0 saturated carbocycles. The minimum Gasteiger partial charge on any atom is -0.456 e. The number of hydrogen-bond donors (Lipinski definition) is 1. The first-order valence-electron chi connectivity index (χ1n) is 5.47. The zero-order valence-corrected chi connectivity index (χ0v) is 11.4. The maximum atomic E-state index is 5.86. The molecule has 0 amide bonds. The Kier molecular flexibility index (Phi) is 3.99. The Labute approximate surface area is 114 Å². The van der Waals surface area contributed by atoms with Gasteiger partial charge in [-0.3, -0.25) is 4.98 Å². The molecule has 0 unspecified atom stereocenters. The quantitative estimate of drug-likeness (QED) is 0.687. The first-order valence-corrected chi connectivity index (χ1v) is 6.26. The highest BCUT2D eigenvalue weighted by Gasteiger charge is 2.07. The largest absolute Gasteiger partial charge is 0.456 e. The minimum absolute atomic E-state index is 0.711. The van der Waals surface area contributed by atoms with Crippen molar-refractivity contribution in [3.05, 3.63) is 59.4 Å². The third-order valence-corrected chi connectivity index (χ3v) is 3.00. The topological polar surface area (TPSA) is 48.1 Å². The van der Waals surface area contributed by atoms with Gasteiger partial charge in [-0.05, 0) is 40.5 Å². The maximum absolute atomic E-state index is 5.86. The lowest BCUT2D eigenvalue weighted by Crippen LogP contribution is -1.94. The van der Waals surface area contributed by atoms with E-state index in [-0.39, 0.29) is 0 Å². The summed E-state index contributed by atoms with van der Waals surface area (Å²) in [5.41, 5.74) is 7.50. The second-order valence-corrected chi connectivity index (χ2v) is 4.62. The number of nitrogens with two attached hydrogens (primary N) is 1. The molecular formula is C14H13BrN2O. The highest BCUT2D eigenvalue weighted by molar-refractivity contribution is 9.10. The molecule has 0 aliphatic heterocycles. The van der Waals surface area contributed by atoms with E-state index >= 15 is 0 Å². The van der Waals surface area contributed by atoms with E-state index in [4.69, 9.17) is 10.5 Å². The van der Waals surface area contributed by atoms with E-state index in [1.807, 2.05) is 24.3 Å². The summed E-state index contributed by atoms with van der Waals surface area (Å²) in [7, 11) is 0. The second kappa shape index (κ2) is 5.69. The lowest BCUT2D eigenvalue weighted by atomic mass is 10.1. The molecule has 0 fully saturated rings. The number of halogens is 1. The number of aromatic nitrogens is 1. The van der Waals surface area contributed by atoms with Crippen molar-refractivity contribution in [2.75, 3.05) is 5.73 Å². The molecular weight excluding hydrogens is 292 g/mol. The van der Waals surface area contributed by atoms with Gasteiger partial charge in [-0.2, -0.15) is 0 Å². The van der Waals surface area contributed by atoms with Crippen LogP contribution in [0.3, 0.4) is 0 Å². The van der Waals surface area contributed by atoms with Crippen LogP contribution in [0, 0.1) is 0 Å². The first-order chi connectivity index (χ1) is 8.70. The minimum atomic E-state index is 0.711. The van der Waals surface area contributed by atoms with Crippen LogP contribution in [-0.2, 0) is 6.42 Å². The van der Waals surface area contributed by atoms with Gasteiger partial charge in [0.1, 0.15) is 11.5 Å². The summed E-state index contributed by atoms with van der Waals surface area (Å²) in [6.45, 7) is 3.74. The summed E-state index contributed by atoms with van der Waals surface area (Å²) < 4.78 is 6.67. The van der Waals surface area contributed by atoms with Crippen LogP contribution in [0.15, 0.2) is 53.8 Å². The Bertz CT molecular complexity index is 569. The van der Waals surface area contributed by atoms with Gasteiger partial charge in [-0.25, -0.2) is 0 Å². The fourth-order valence-corrected chi connectivity index (χ4v) is 1.91. The molecule has 0 atom stereocenters. The highest BCUT2D eigenvalue weighted by atomic mass is 79.9. The zero-order valence-electron chi connectivity index (χ0n) is 9.77. The van der Waals surface area contributed by atoms with Crippen molar-refractivity contribution in [2.45, 2.75) is 6.42 Å². The number of anilines is 1. The first kappa shape index (κ1) is 12.6. The summed E-state index contributed by atoms with van der Waals surface area (Å²) in [5, 5.41) is 0. The fraction of sp³-hybridized carbons (Fsp3) is 0.0714. The van der Waals surface area contributed by atoms with E-state index in [2.05, 4.69) is 27.5 Å². The Morgan fingerprint density at radius 3 is 2.89 bits per heavy atom. The maximum Gasteiger partial charge on any atom is 0.144 e. The molecule has 2 N–H and O–H groups in total. The van der Waals surface area contributed by atoms with Gasteiger partial charge in [0.2, 0.25) is 0 Å². The van der Waals surface area contributed by atoms with Crippen LogP contribution in [0.5, 0.6) is 11.5 Å². The van der Waals surface area contributed by atoms with Crippen molar-refractivity contribution >= 4 is 21.6 Å². The molecule has 2 aromatic rings. The standard InChI is InChI=1S/C14H13BrN2O/c1-2-3-10-8-11(16)4-5-13(10)18-14-6-7-17-9-12(14)15/h2,4-9H,1,3,16H2. The van der Waals surface area contributed by atoms with E-state index in [1.54, 1.807) is 18.5 Å². The van der Waals surface area contributed by atoms with Gasteiger partial charge in [-0.15, -0.1) is 6.58 Å². The normalized spacial score (nSPS) is 10.1. The van der Waals surface area contributed by atoms with Gasteiger partial charge in [0.25, 0.3) is 0 Å². The lowest BCUT2D eigenvalue weighted by Gasteiger charge is -2.11. The Morgan fingerprint density at radius 1 is 1.33 bits per heavy atom. The smallest absolute Gasteiger partial charge is 0.144 e. The summed E-state index contributed by atoms with van der Waals surface area (Å²) in [5.74, 6) is 1.50. The molecule has 2 rings (SSSR count). The molecule has 18 heavy (non-hydrogen) atoms. The molecule has 1 heterocycles. The number of allylic oxidation sites excluding steroid dienone is 1. The molecule has 1 aromatic carbocycles. The SMILES string of the molecule is C=CCc1cc(N)ccc1Oc1ccncc1Br. The number of benzene rings is 1. The Balaban J connectivity index is 2.34. The molecule has 3 nitrogen and oxygen atoms in total. The molecule has 0 bridgehead atoms. The molecule has 4 heteroatoms. The fourth-order valence-electron chi connectivity index (χ4n) is 1.58. The van der Waals surface area contributed by atoms with E-state index in [9.17, 15) is 0 Å². The molecule has 92 valence electrons. The average molecular weight is 305 g/mol. The number of hydrogen-bond acceptors (Lipinski definition) is 3. The van der Waals surface area contributed by atoms with Crippen molar-refractivity contribution in [1.29, 1.82) is 0 Å². The Hall–Kier alpha value is -1.81. The number of nitrogen functional groups attached to an aromatic ring is 1. The van der Waals surface area contributed by atoms with E-state index in [0.717, 1.165) is 21.5 Å². The lowest BCUT2D eigenvalue weighted by molar-refractivity contribution is 0.474. The van der Waals surface area contributed by atoms with Gasteiger partial charge >= 0.3 is 0 Å². The highest BCUT2D eigenvalue weighted by Crippen LogP contribution is 2.31. The number of nitrogens with zero attached hydrogens (tertiary/aromatic N) is 1. The molecule has 0 radical (unpaired) electrons. The monoisotopic (exact) mass is 304 g/mol. The summed E-state index contributed by atoms with van der Waals surface area (Å²) >= 11 is 3.40. The number of pyridine rings is 1. The van der Waals surface area contributed by atoms with E-state index in [0.29, 0.717) is 12.1 Å². The third-order valence-electron chi connectivity index (χ3n) is 2.40. The molecule has 0 spiro atoms. The predicted octanol–water partition coefficient (Wildman–Crippen LogP) is 3.95. The van der Waals surface area contributed by atoms with E-state index in [1.165, 1.54) is 0 Å². The van der Waals surface area contributed by atoms with Gasteiger partial charge < -0.3 is 10.5 Å². The van der Waals surface area contributed by atoms with Crippen LogP contribution in [0.2, 0.25) is 0 Å². The molecule has 0 aliphatic rings. The van der Waals surface area contributed by atoms with Crippen molar-refractivity contribution in [2.24, 2.45) is 0 Å². The van der Waals surface area contributed by atoms with Crippen molar-refractivity contribution in [3.63, 3.8) is 0 Å². The van der Waals surface area contributed by atoms with Gasteiger partial charge in [0.15, 0.2) is 0 Å². The Morgan fingerprint density at radius 2 is 2.17 bits per heavy atom. The molecule has 1 aromatic heterocycles. The number of rotatable bonds is 4. The molecule has 0 saturated heterocycles. The molecule has 0 aliphatic carbocycles. The summed E-state index contributed by atoms with van der Waals surface area (Å²) in [6, 6.07) is 7.38. The van der Waals surface area contributed by atoms with Crippen LogP contribution in [0.4, 0.5) is 5.69 Å². The summed E-state index contributed by atoms with van der Waals surface area (Å²) in [4.78, 5) is 4.00. The summed E-state index contributed by atoms with van der Waals surface area (Å²) in [6.07, 6.45) is 5.91. The van der Waals surface area contributed by atoms with Crippen LogP contribution < -0.4 is 10.5 Å². The van der Waals surface area contributed by atoms with Gasteiger partial charge in [0, 0.05) is 29.7 Å². The zero-order chi connectivity index (χ0) is 13.0. The van der Waals surface area contributed by atoms with Crippen LogP contribution in [0.25, 0.3) is 0 Å². The van der Waals surface area contributed by atoms with Crippen molar-refractivity contribution < 1.29 is 4.74 Å². The average Bonchev–Trinajstić information content (AvgIpc) is 2.35. The van der Waals surface area contributed by atoms with Gasteiger partial charge in [0.05, 0.1) is 4.47 Å². The van der Waals surface area contributed by atoms with E-state index < -0.39 is 0 Å². The predicted molar refractivity (Wildman–Crippen MR) is 76.8 cm³/mol. The number of ether oxygens (including phenoxy) is 1.